The Labute approximate surface area is 158 Å². The van der Waals surface area contributed by atoms with E-state index in [0.717, 1.165) is 11.1 Å². The summed E-state index contributed by atoms with van der Waals surface area (Å²) in [5.74, 6) is 1.07. The highest BCUT2D eigenvalue weighted by atomic mass is 35.5. The van der Waals surface area contributed by atoms with E-state index in [1.165, 1.54) is 0 Å². The number of anilines is 1. The number of nitrogens with zero attached hydrogens (tertiary/aromatic N) is 2. The van der Waals surface area contributed by atoms with Gasteiger partial charge in [-0.05, 0) is 42.3 Å². The van der Waals surface area contributed by atoms with Crippen LogP contribution in [0.2, 0.25) is 5.02 Å². The molecule has 2 aromatic carbocycles. The Kier molecular flexibility index (Phi) is 5.87. The van der Waals surface area contributed by atoms with Gasteiger partial charge in [0, 0.05) is 11.2 Å². The number of hydrogen-bond acceptors (Lipinski definition) is 3. The first kappa shape index (κ1) is 18.0. The zero-order valence-electron chi connectivity index (χ0n) is 14.4. The molecule has 26 heavy (non-hydrogen) atoms. The molecule has 4 nitrogen and oxygen atoms in total. The zero-order chi connectivity index (χ0) is 18.4. The zero-order valence-corrected chi connectivity index (χ0v) is 15.2. The third-order valence-electron chi connectivity index (χ3n) is 3.96. The molecule has 0 radical (unpaired) electrons. The average molecular weight is 367 g/mol. The van der Waals surface area contributed by atoms with Gasteiger partial charge in [-0.25, -0.2) is 4.98 Å². The van der Waals surface area contributed by atoms with Crippen molar-refractivity contribution in [1.82, 2.24) is 4.98 Å². The molecular weight excluding hydrogens is 348 g/mol. The number of hydrogen-bond donors (Lipinski definition) is 0. The van der Waals surface area contributed by atoms with Crippen molar-refractivity contribution in [2.24, 2.45) is 0 Å². The van der Waals surface area contributed by atoms with Crippen LogP contribution in [0.5, 0.6) is 5.75 Å². The van der Waals surface area contributed by atoms with Crippen LogP contribution < -0.4 is 9.64 Å². The Hall–Kier alpha value is -2.85. The maximum Gasteiger partial charge on any atom is 0.266 e. The smallest absolute Gasteiger partial charge is 0.266 e. The van der Waals surface area contributed by atoms with Crippen LogP contribution in [0.3, 0.4) is 0 Å². The van der Waals surface area contributed by atoms with Gasteiger partial charge in [-0.1, -0.05) is 54.1 Å². The van der Waals surface area contributed by atoms with Crippen molar-refractivity contribution in [3.63, 3.8) is 0 Å². The van der Waals surface area contributed by atoms with E-state index in [2.05, 4.69) is 4.98 Å². The summed E-state index contributed by atoms with van der Waals surface area (Å²) in [5.41, 5.74) is 1.83. The molecule has 3 rings (SSSR count). The molecule has 1 amide bonds. The third-order valence-corrected chi connectivity index (χ3v) is 4.33. The van der Waals surface area contributed by atoms with Crippen LogP contribution in [-0.4, -0.2) is 17.5 Å². The molecule has 1 heterocycles. The molecule has 0 aliphatic heterocycles. The van der Waals surface area contributed by atoms with Gasteiger partial charge < -0.3 is 4.74 Å². The molecule has 0 bridgehead atoms. The number of amides is 1. The number of ether oxygens (including phenoxy) is 1. The second kappa shape index (κ2) is 8.50. The van der Waals surface area contributed by atoms with Gasteiger partial charge in [0.25, 0.3) is 5.91 Å². The summed E-state index contributed by atoms with van der Waals surface area (Å²) in [6.07, 6.45) is 1.66. The van der Waals surface area contributed by atoms with E-state index in [0.29, 0.717) is 23.1 Å². The molecule has 0 atom stereocenters. The Balaban J connectivity index is 1.80. The number of pyridine rings is 1. The SMILES string of the molecule is Cc1ccccc1OCC(=O)N(Cc1ccccc1Cl)c1ccccn1. The van der Waals surface area contributed by atoms with Gasteiger partial charge in [0.2, 0.25) is 0 Å². The van der Waals surface area contributed by atoms with Crippen molar-refractivity contribution in [2.45, 2.75) is 13.5 Å². The second-order valence-corrected chi connectivity index (χ2v) is 6.22. The molecule has 132 valence electrons. The van der Waals surface area contributed by atoms with Crippen LogP contribution in [0.4, 0.5) is 5.82 Å². The first-order valence-electron chi connectivity index (χ1n) is 8.28. The van der Waals surface area contributed by atoms with Gasteiger partial charge >= 0.3 is 0 Å². The van der Waals surface area contributed by atoms with E-state index < -0.39 is 0 Å². The number of benzene rings is 2. The van der Waals surface area contributed by atoms with Gasteiger partial charge in [0.1, 0.15) is 11.6 Å². The normalized spacial score (nSPS) is 10.4. The molecule has 0 aliphatic rings. The summed E-state index contributed by atoms with van der Waals surface area (Å²) in [6.45, 7) is 2.19. The molecule has 0 spiro atoms. The lowest BCUT2D eigenvalue weighted by atomic mass is 10.2. The molecule has 0 fully saturated rings. The van der Waals surface area contributed by atoms with Crippen molar-refractivity contribution in [2.75, 3.05) is 11.5 Å². The molecule has 0 saturated heterocycles. The van der Waals surface area contributed by atoms with Crippen molar-refractivity contribution >= 4 is 23.3 Å². The van der Waals surface area contributed by atoms with Gasteiger partial charge in [0.15, 0.2) is 6.61 Å². The van der Waals surface area contributed by atoms with Crippen LogP contribution in [-0.2, 0) is 11.3 Å². The van der Waals surface area contributed by atoms with Crippen LogP contribution in [0.1, 0.15) is 11.1 Å². The molecule has 0 N–H and O–H groups in total. The molecule has 0 aliphatic carbocycles. The van der Waals surface area contributed by atoms with Gasteiger partial charge in [0.05, 0.1) is 6.54 Å². The Bertz CT molecular complexity index is 884. The molecular formula is C21H19ClN2O2. The first-order chi connectivity index (χ1) is 12.6. The van der Waals surface area contributed by atoms with Crippen LogP contribution in [0.25, 0.3) is 0 Å². The molecule has 1 aromatic heterocycles. The fourth-order valence-electron chi connectivity index (χ4n) is 2.54. The summed E-state index contributed by atoms with van der Waals surface area (Å²) >= 11 is 6.26. The number of aryl methyl sites for hydroxylation is 1. The van der Waals surface area contributed by atoms with Crippen molar-refractivity contribution < 1.29 is 9.53 Å². The Morgan fingerprint density at radius 3 is 2.50 bits per heavy atom. The van der Waals surface area contributed by atoms with E-state index in [1.807, 2.05) is 67.6 Å². The number of carbonyl (C=O) groups excluding carboxylic acids is 1. The lowest BCUT2D eigenvalue weighted by Crippen LogP contribution is -2.35. The predicted octanol–water partition coefficient (Wildman–Crippen LogP) is 4.66. The number of carbonyl (C=O) groups is 1. The summed E-state index contributed by atoms with van der Waals surface area (Å²) < 4.78 is 5.72. The number of rotatable bonds is 6. The fraction of sp³-hybridized carbons (Fsp3) is 0.143. The lowest BCUT2D eigenvalue weighted by Gasteiger charge is -2.22. The first-order valence-corrected chi connectivity index (χ1v) is 8.66. The Morgan fingerprint density at radius 2 is 1.77 bits per heavy atom. The monoisotopic (exact) mass is 366 g/mol. The van der Waals surface area contributed by atoms with E-state index in [9.17, 15) is 4.79 Å². The standard InChI is InChI=1S/C21H19ClN2O2/c1-16-8-2-5-11-19(16)26-15-21(25)24(20-12-6-7-13-23-20)14-17-9-3-4-10-18(17)22/h2-13H,14-15H2,1H3. The molecule has 3 aromatic rings. The maximum atomic E-state index is 12.9. The predicted molar refractivity (Wildman–Crippen MR) is 104 cm³/mol. The highest BCUT2D eigenvalue weighted by Gasteiger charge is 2.19. The van der Waals surface area contributed by atoms with Crippen LogP contribution in [0, 0.1) is 6.92 Å². The third kappa shape index (κ3) is 4.41. The number of aromatic nitrogens is 1. The van der Waals surface area contributed by atoms with E-state index in [4.69, 9.17) is 16.3 Å². The summed E-state index contributed by atoms with van der Waals surface area (Å²) in [7, 11) is 0. The molecule has 0 saturated carbocycles. The Morgan fingerprint density at radius 1 is 1.04 bits per heavy atom. The quantitative estimate of drug-likeness (QED) is 0.637. The van der Waals surface area contributed by atoms with Crippen molar-refractivity contribution in [3.05, 3.63) is 89.1 Å². The summed E-state index contributed by atoms with van der Waals surface area (Å²) in [5, 5.41) is 0.612. The maximum absolute atomic E-state index is 12.9. The minimum atomic E-state index is -0.188. The van der Waals surface area contributed by atoms with Crippen LogP contribution in [0.15, 0.2) is 72.9 Å². The lowest BCUT2D eigenvalue weighted by molar-refractivity contribution is -0.120. The van der Waals surface area contributed by atoms with Gasteiger partial charge in [-0.3, -0.25) is 9.69 Å². The van der Waals surface area contributed by atoms with Crippen LogP contribution >= 0.6 is 11.6 Å². The second-order valence-electron chi connectivity index (χ2n) is 5.81. The highest BCUT2D eigenvalue weighted by molar-refractivity contribution is 6.31. The van der Waals surface area contributed by atoms with Gasteiger partial charge in [-0.2, -0.15) is 0 Å². The topological polar surface area (TPSA) is 42.4 Å². The number of para-hydroxylation sites is 1. The molecule has 5 heteroatoms. The van der Waals surface area contributed by atoms with Gasteiger partial charge in [-0.15, -0.1) is 0 Å². The summed E-state index contributed by atoms with van der Waals surface area (Å²) in [6, 6.07) is 20.5. The van der Waals surface area contributed by atoms with E-state index in [1.54, 1.807) is 17.2 Å². The largest absolute Gasteiger partial charge is 0.483 e. The van der Waals surface area contributed by atoms with E-state index in [-0.39, 0.29) is 12.5 Å². The molecule has 0 unspecified atom stereocenters. The number of halogens is 1. The van der Waals surface area contributed by atoms with Crippen molar-refractivity contribution in [1.29, 1.82) is 0 Å². The fourth-order valence-corrected chi connectivity index (χ4v) is 2.74. The average Bonchev–Trinajstić information content (AvgIpc) is 2.67. The highest BCUT2D eigenvalue weighted by Crippen LogP contribution is 2.21. The minimum Gasteiger partial charge on any atom is -0.483 e. The van der Waals surface area contributed by atoms with Crippen molar-refractivity contribution in [3.8, 4) is 5.75 Å². The summed E-state index contributed by atoms with van der Waals surface area (Å²) in [4.78, 5) is 18.7. The van der Waals surface area contributed by atoms with E-state index >= 15 is 0 Å². The minimum absolute atomic E-state index is 0.0775.